The number of hydrogen-bond acceptors (Lipinski definition) is 7. The molecule has 2 amide bonds. The van der Waals surface area contributed by atoms with Gasteiger partial charge in [-0.15, -0.1) is 0 Å². The molecule has 1 aliphatic rings. The van der Waals surface area contributed by atoms with Gasteiger partial charge in [-0.25, -0.2) is 0 Å². The van der Waals surface area contributed by atoms with Crippen molar-refractivity contribution in [3.8, 4) is 10.9 Å². The van der Waals surface area contributed by atoms with Crippen LogP contribution in [0.5, 0.6) is 10.9 Å². The van der Waals surface area contributed by atoms with Crippen molar-refractivity contribution in [2.24, 2.45) is 11.7 Å². The van der Waals surface area contributed by atoms with Gasteiger partial charge >= 0.3 is 0 Å². The number of rotatable bonds is 8. The number of thiazole rings is 1. The summed E-state index contributed by atoms with van der Waals surface area (Å²) in [6.45, 7) is 2.20. The molecule has 0 bridgehead atoms. The van der Waals surface area contributed by atoms with E-state index in [1.807, 2.05) is 12.1 Å². The second-order valence-electron chi connectivity index (χ2n) is 7.70. The normalized spacial score (nSPS) is 14.1. The van der Waals surface area contributed by atoms with Gasteiger partial charge < -0.3 is 21.1 Å². The molecule has 0 radical (unpaired) electrons. The highest BCUT2D eigenvalue weighted by Crippen LogP contribution is 2.33. The highest BCUT2D eigenvalue weighted by atomic mass is 32.1. The number of pyridine rings is 1. The minimum absolute atomic E-state index is 0.0409. The molecular formula is C23H25N5O3S. The standard InChI is InChI=1S/C23H25N5O3S/c24-20(29)19-22(32-23(27-19)31-18-2-1-11-26-14-18)28-21(30)17-7-5-15(6-8-17)3-4-16-9-12-25-13-10-16/h1-2,5-8,11,14,16,25H,3-4,9-10,12-13H2,(H2,24,29)(H,28,30). The number of amides is 2. The zero-order valence-corrected chi connectivity index (χ0v) is 18.4. The first kappa shape index (κ1) is 21.9. The van der Waals surface area contributed by atoms with Gasteiger partial charge in [-0.2, -0.15) is 4.98 Å². The Morgan fingerprint density at radius 2 is 1.97 bits per heavy atom. The van der Waals surface area contributed by atoms with Crippen LogP contribution >= 0.6 is 11.3 Å². The fourth-order valence-electron chi connectivity index (χ4n) is 3.64. The topological polar surface area (TPSA) is 119 Å². The van der Waals surface area contributed by atoms with Gasteiger partial charge in [0.05, 0.1) is 6.20 Å². The summed E-state index contributed by atoms with van der Waals surface area (Å²) >= 11 is 1.03. The average molecular weight is 452 g/mol. The van der Waals surface area contributed by atoms with E-state index in [1.54, 1.807) is 30.5 Å². The molecule has 1 fully saturated rings. The minimum atomic E-state index is -0.745. The van der Waals surface area contributed by atoms with E-state index in [1.165, 1.54) is 24.6 Å². The number of piperidine rings is 1. The summed E-state index contributed by atoms with van der Waals surface area (Å²) < 4.78 is 5.61. The number of anilines is 1. The first-order valence-electron chi connectivity index (χ1n) is 10.6. The Kier molecular flexibility index (Phi) is 7.08. The summed E-state index contributed by atoms with van der Waals surface area (Å²) in [6, 6.07) is 11.0. The van der Waals surface area contributed by atoms with Crippen LogP contribution in [-0.2, 0) is 6.42 Å². The van der Waals surface area contributed by atoms with Gasteiger partial charge in [-0.1, -0.05) is 23.5 Å². The number of carbonyl (C=O) groups is 2. The maximum absolute atomic E-state index is 12.7. The monoisotopic (exact) mass is 451 g/mol. The van der Waals surface area contributed by atoms with Crippen LogP contribution in [0.15, 0.2) is 48.8 Å². The number of aromatic nitrogens is 2. The van der Waals surface area contributed by atoms with E-state index >= 15 is 0 Å². The highest BCUT2D eigenvalue weighted by Gasteiger charge is 2.20. The van der Waals surface area contributed by atoms with Crippen molar-refractivity contribution in [1.82, 2.24) is 15.3 Å². The lowest BCUT2D eigenvalue weighted by Gasteiger charge is -2.22. The van der Waals surface area contributed by atoms with Gasteiger partial charge in [0.15, 0.2) is 5.69 Å². The van der Waals surface area contributed by atoms with E-state index in [2.05, 4.69) is 20.6 Å². The maximum atomic E-state index is 12.7. The number of aryl methyl sites for hydroxylation is 1. The fraction of sp³-hybridized carbons (Fsp3) is 0.304. The van der Waals surface area contributed by atoms with Gasteiger partial charge in [0.1, 0.15) is 10.8 Å². The molecule has 9 heteroatoms. The summed E-state index contributed by atoms with van der Waals surface area (Å²) in [5.74, 6) is 0.149. The Morgan fingerprint density at radius 3 is 2.66 bits per heavy atom. The quantitative estimate of drug-likeness (QED) is 0.481. The van der Waals surface area contributed by atoms with Crippen molar-refractivity contribution in [3.05, 3.63) is 65.6 Å². The summed E-state index contributed by atoms with van der Waals surface area (Å²) in [5.41, 5.74) is 7.10. The van der Waals surface area contributed by atoms with E-state index in [9.17, 15) is 9.59 Å². The van der Waals surface area contributed by atoms with Crippen LogP contribution in [0.2, 0.25) is 0 Å². The van der Waals surface area contributed by atoms with E-state index in [4.69, 9.17) is 10.5 Å². The lowest BCUT2D eigenvalue weighted by molar-refractivity contribution is 0.0996. The minimum Gasteiger partial charge on any atom is -0.429 e. The maximum Gasteiger partial charge on any atom is 0.281 e. The highest BCUT2D eigenvalue weighted by molar-refractivity contribution is 7.18. The smallest absolute Gasteiger partial charge is 0.281 e. The van der Waals surface area contributed by atoms with Gasteiger partial charge in [0.25, 0.3) is 17.0 Å². The van der Waals surface area contributed by atoms with Crippen LogP contribution in [0.1, 0.15) is 45.7 Å². The van der Waals surface area contributed by atoms with E-state index in [0.717, 1.165) is 43.2 Å². The molecule has 0 spiro atoms. The average Bonchev–Trinajstić information content (AvgIpc) is 3.21. The number of hydrogen-bond donors (Lipinski definition) is 3. The van der Waals surface area contributed by atoms with Crippen molar-refractivity contribution < 1.29 is 14.3 Å². The lowest BCUT2D eigenvalue weighted by atomic mass is 9.91. The second kappa shape index (κ2) is 10.3. The van der Waals surface area contributed by atoms with E-state index in [0.29, 0.717) is 11.3 Å². The van der Waals surface area contributed by atoms with Crippen LogP contribution in [0.25, 0.3) is 0 Å². The zero-order valence-electron chi connectivity index (χ0n) is 17.5. The van der Waals surface area contributed by atoms with Crippen molar-refractivity contribution >= 4 is 28.2 Å². The van der Waals surface area contributed by atoms with Crippen LogP contribution in [0.4, 0.5) is 5.00 Å². The predicted octanol–water partition coefficient (Wildman–Crippen LogP) is 3.61. The van der Waals surface area contributed by atoms with Crippen molar-refractivity contribution in [1.29, 1.82) is 0 Å². The predicted molar refractivity (Wildman–Crippen MR) is 123 cm³/mol. The molecular weight excluding hydrogens is 426 g/mol. The molecule has 1 aromatic carbocycles. The SMILES string of the molecule is NC(=O)c1nc(Oc2cccnc2)sc1NC(=O)c1ccc(CCC2CCNCC2)cc1. The third-order valence-electron chi connectivity index (χ3n) is 5.42. The Balaban J connectivity index is 1.39. The Bertz CT molecular complexity index is 1060. The lowest BCUT2D eigenvalue weighted by Crippen LogP contribution is -2.27. The van der Waals surface area contributed by atoms with Crippen LogP contribution in [-0.4, -0.2) is 34.9 Å². The summed E-state index contributed by atoms with van der Waals surface area (Å²) in [5, 5.41) is 6.56. The molecule has 4 N–H and O–H groups in total. The number of carbonyl (C=O) groups excluding carboxylic acids is 2. The summed E-state index contributed by atoms with van der Waals surface area (Å²) in [6.07, 6.45) is 7.76. The number of benzene rings is 1. The first-order chi connectivity index (χ1) is 15.6. The van der Waals surface area contributed by atoms with Gasteiger partial charge in [-0.05, 0) is 74.5 Å². The molecule has 3 aromatic rings. The molecule has 32 heavy (non-hydrogen) atoms. The van der Waals surface area contributed by atoms with Crippen molar-refractivity contribution in [3.63, 3.8) is 0 Å². The van der Waals surface area contributed by atoms with Crippen molar-refractivity contribution in [2.75, 3.05) is 18.4 Å². The molecule has 0 atom stereocenters. The van der Waals surface area contributed by atoms with Crippen LogP contribution in [0, 0.1) is 5.92 Å². The molecule has 0 unspecified atom stereocenters. The van der Waals surface area contributed by atoms with Crippen LogP contribution in [0.3, 0.4) is 0 Å². The summed E-state index contributed by atoms with van der Waals surface area (Å²) in [4.78, 5) is 32.6. The molecule has 2 aromatic heterocycles. The van der Waals surface area contributed by atoms with Crippen LogP contribution < -0.4 is 21.1 Å². The molecule has 4 rings (SSSR count). The Hall–Kier alpha value is -3.30. The number of nitrogens with zero attached hydrogens (tertiary/aromatic N) is 2. The Morgan fingerprint density at radius 1 is 1.19 bits per heavy atom. The fourth-order valence-corrected chi connectivity index (χ4v) is 4.48. The number of nitrogens with one attached hydrogen (secondary N) is 2. The van der Waals surface area contributed by atoms with E-state index < -0.39 is 5.91 Å². The number of primary amides is 1. The third-order valence-corrected chi connectivity index (χ3v) is 6.27. The molecule has 3 heterocycles. The molecule has 1 saturated heterocycles. The third kappa shape index (κ3) is 5.68. The second-order valence-corrected chi connectivity index (χ2v) is 8.66. The number of ether oxygens (including phenoxy) is 1. The Labute approximate surface area is 190 Å². The molecule has 8 nitrogen and oxygen atoms in total. The summed E-state index contributed by atoms with van der Waals surface area (Å²) in [7, 11) is 0. The first-order valence-corrected chi connectivity index (χ1v) is 11.4. The van der Waals surface area contributed by atoms with E-state index in [-0.39, 0.29) is 21.8 Å². The molecule has 0 saturated carbocycles. The van der Waals surface area contributed by atoms with Gasteiger partial charge in [0, 0.05) is 11.8 Å². The van der Waals surface area contributed by atoms with Crippen molar-refractivity contribution in [2.45, 2.75) is 25.7 Å². The number of nitrogens with two attached hydrogens (primary N) is 1. The largest absolute Gasteiger partial charge is 0.429 e. The molecule has 166 valence electrons. The molecule has 1 aliphatic heterocycles. The van der Waals surface area contributed by atoms with Gasteiger partial charge in [-0.3, -0.25) is 14.6 Å². The zero-order chi connectivity index (χ0) is 22.3. The molecule has 0 aliphatic carbocycles. The van der Waals surface area contributed by atoms with Gasteiger partial charge in [0.2, 0.25) is 0 Å².